The van der Waals surface area contributed by atoms with Crippen LogP contribution in [-0.4, -0.2) is 58.1 Å². The molecule has 7 heteroatoms. The number of rotatable bonds is 18. The van der Waals surface area contributed by atoms with Crippen molar-refractivity contribution in [1.82, 2.24) is 0 Å². The van der Waals surface area contributed by atoms with Crippen LogP contribution in [0.25, 0.3) is 0 Å². The molecule has 0 aliphatic rings. The fraction of sp³-hybridized carbons (Fsp3) is 0.652. The smallest absolute Gasteiger partial charge is 0.338 e. The summed E-state index contributed by atoms with van der Waals surface area (Å²) in [7, 11) is 0. The van der Waals surface area contributed by atoms with E-state index in [0.717, 1.165) is 44.3 Å². The van der Waals surface area contributed by atoms with E-state index in [-0.39, 0.29) is 25.2 Å². The molecule has 0 spiro atoms. The summed E-state index contributed by atoms with van der Waals surface area (Å²) in [5.74, 6) is -0.539. The summed E-state index contributed by atoms with van der Waals surface area (Å²) in [6, 6.07) is 7.26. The van der Waals surface area contributed by atoms with Crippen LogP contribution < -0.4 is 5.32 Å². The van der Waals surface area contributed by atoms with Gasteiger partial charge in [0.05, 0.1) is 32.0 Å². The molecular weight excluding hydrogens is 386 g/mol. The number of hydrogen-bond donors (Lipinski definition) is 1. The number of esters is 2. The van der Waals surface area contributed by atoms with Crippen LogP contribution in [0.2, 0.25) is 0 Å². The summed E-state index contributed by atoms with van der Waals surface area (Å²) >= 11 is 0. The first-order chi connectivity index (χ1) is 14.7. The molecule has 0 aliphatic heterocycles. The maximum atomic E-state index is 12.0. The standard InChI is InChI=1S/C23H37NO6/c1-3-5-7-8-22(25)29-18-16-27-14-15-28-17-19-30-23(26)20-9-11-21(12-10-20)24-13-6-4-2/h9-12,24H,3-8,13-19H2,1-2H3. The molecular formula is C23H37NO6. The van der Waals surface area contributed by atoms with Gasteiger partial charge in [0.2, 0.25) is 0 Å². The van der Waals surface area contributed by atoms with Gasteiger partial charge in [-0.3, -0.25) is 4.79 Å². The van der Waals surface area contributed by atoms with Crippen molar-refractivity contribution in [2.24, 2.45) is 0 Å². The van der Waals surface area contributed by atoms with E-state index in [1.165, 1.54) is 0 Å². The van der Waals surface area contributed by atoms with Crippen LogP contribution in [0.1, 0.15) is 62.7 Å². The molecule has 0 fully saturated rings. The van der Waals surface area contributed by atoms with Crippen molar-refractivity contribution in [2.45, 2.75) is 52.4 Å². The number of anilines is 1. The third-order valence-corrected chi connectivity index (χ3v) is 4.29. The minimum atomic E-state index is -0.365. The van der Waals surface area contributed by atoms with Gasteiger partial charge in [0.15, 0.2) is 0 Å². The molecule has 1 aromatic rings. The van der Waals surface area contributed by atoms with Crippen molar-refractivity contribution in [3.05, 3.63) is 29.8 Å². The van der Waals surface area contributed by atoms with Crippen molar-refractivity contribution in [3.63, 3.8) is 0 Å². The molecule has 0 bridgehead atoms. The molecule has 0 heterocycles. The van der Waals surface area contributed by atoms with Crippen LogP contribution in [0.15, 0.2) is 24.3 Å². The largest absolute Gasteiger partial charge is 0.463 e. The predicted molar refractivity (Wildman–Crippen MR) is 117 cm³/mol. The molecule has 30 heavy (non-hydrogen) atoms. The van der Waals surface area contributed by atoms with Crippen molar-refractivity contribution >= 4 is 17.6 Å². The number of unbranched alkanes of at least 4 members (excludes halogenated alkanes) is 3. The van der Waals surface area contributed by atoms with Gasteiger partial charge in [-0.2, -0.15) is 0 Å². The molecule has 0 aliphatic carbocycles. The Kier molecular flexibility index (Phi) is 15.3. The van der Waals surface area contributed by atoms with Crippen LogP contribution in [-0.2, 0) is 23.7 Å². The van der Waals surface area contributed by atoms with E-state index in [1.54, 1.807) is 12.1 Å². The molecule has 0 amide bonds. The number of carbonyl (C=O) groups is 2. The first-order valence-electron chi connectivity index (χ1n) is 11.0. The fourth-order valence-corrected chi connectivity index (χ4v) is 2.54. The Balaban J connectivity index is 1.97. The number of benzene rings is 1. The third kappa shape index (κ3) is 13.2. The average molecular weight is 424 g/mol. The van der Waals surface area contributed by atoms with Gasteiger partial charge in [0, 0.05) is 18.7 Å². The zero-order valence-corrected chi connectivity index (χ0v) is 18.5. The highest BCUT2D eigenvalue weighted by molar-refractivity contribution is 5.89. The molecule has 7 nitrogen and oxygen atoms in total. The number of nitrogens with one attached hydrogen (secondary N) is 1. The minimum absolute atomic E-state index is 0.174. The summed E-state index contributed by atoms with van der Waals surface area (Å²) in [4.78, 5) is 23.4. The normalized spacial score (nSPS) is 10.6. The van der Waals surface area contributed by atoms with E-state index in [9.17, 15) is 9.59 Å². The van der Waals surface area contributed by atoms with Gasteiger partial charge in [-0.15, -0.1) is 0 Å². The van der Waals surface area contributed by atoms with Gasteiger partial charge in [-0.1, -0.05) is 33.1 Å². The fourth-order valence-electron chi connectivity index (χ4n) is 2.54. The Labute approximate surface area is 180 Å². The molecule has 0 unspecified atom stereocenters. The van der Waals surface area contributed by atoms with Crippen molar-refractivity contribution in [1.29, 1.82) is 0 Å². The topological polar surface area (TPSA) is 83.1 Å². The highest BCUT2D eigenvalue weighted by Crippen LogP contribution is 2.10. The second-order valence-corrected chi connectivity index (χ2v) is 6.90. The molecule has 0 radical (unpaired) electrons. The molecule has 1 aromatic carbocycles. The van der Waals surface area contributed by atoms with E-state index >= 15 is 0 Å². The summed E-state index contributed by atoms with van der Waals surface area (Å²) < 4.78 is 21.0. The number of ether oxygens (including phenoxy) is 4. The molecule has 0 atom stereocenters. The maximum Gasteiger partial charge on any atom is 0.338 e. The molecule has 170 valence electrons. The Hall–Kier alpha value is -2.12. The van der Waals surface area contributed by atoms with Crippen molar-refractivity contribution in [2.75, 3.05) is 51.5 Å². The monoisotopic (exact) mass is 423 g/mol. The zero-order chi connectivity index (χ0) is 21.9. The second-order valence-electron chi connectivity index (χ2n) is 6.90. The first-order valence-corrected chi connectivity index (χ1v) is 11.0. The second kappa shape index (κ2) is 17.7. The number of hydrogen-bond acceptors (Lipinski definition) is 7. The van der Waals surface area contributed by atoms with Crippen LogP contribution in [0, 0.1) is 0 Å². The third-order valence-electron chi connectivity index (χ3n) is 4.29. The Bertz CT molecular complexity index is 576. The van der Waals surface area contributed by atoms with Crippen molar-refractivity contribution in [3.8, 4) is 0 Å². The van der Waals surface area contributed by atoms with E-state index in [2.05, 4.69) is 19.2 Å². The summed E-state index contributed by atoms with van der Waals surface area (Å²) in [6.45, 7) is 7.04. The van der Waals surface area contributed by atoms with Crippen LogP contribution >= 0.6 is 0 Å². The Morgan fingerprint density at radius 3 is 2.00 bits per heavy atom. The molecule has 0 aromatic heterocycles. The zero-order valence-electron chi connectivity index (χ0n) is 18.5. The molecule has 1 rings (SSSR count). The lowest BCUT2D eigenvalue weighted by molar-refractivity contribution is -0.145. The van der Waals surface area contributed by atoms with Crippen LogP contribution in [0.3, 0.4) is 0 Å². The SMILES string of the molecule is CCCCCC(=O)OCCOCCOCCOC(=O)c1ccc(NCCCC)cc1. The van der Waals surface area contributed by atoms with Crippen molar-refractivity contribution < 1.29 is 28.5 Å². The quantitative estimate of drug-likeness (QED) is 0.280. The van der Waals surface area contributed by atoms with Gasteiger partial charge in [0.25, 0.3) is 0 Å². The van der Waals surface area contributed by atoms with E-state index < -0.39 is 0 Å². The van der Waals surface area contributed by atoms with Gasteiger partial charge >= 0.3 is 11.9 Å². The lowest BCUT2D eigenvalue weighted by atomic mass is 10.2. The Morgan fingerprint density at radius 2 is 1.37 bits per heavy atom. The van der Waals surface area contributed by atoms with Gasteiger partial charge < -0.3 is 24.3 Å². The number of carbonyl (C=O) groups excluding carboxylic acids is 2. The molecule has 0 saturated heterocycles. The lowest BCUT2D eigenvalue weighted by Crippen LogP contribution is -2.15. The summed E-state index contributed by atoms with van der Waals surface area (Å²) in [5.41, 5.74) is 1.51. The summed E-state index contributed by atoms with van der Waals surface area (Å²) in [5, 5.41) is 3.30. The van der Waals surface area contributed by atoms with Gasteiger partial charge in [-0.25, -0.2) is 4.79 Å². The van der Waals surface area contributed by atoms with Crippen LogP contribution in [0.5, 0.6) is 0 Å². The van der Waals surface area contributed by atoms with Gasteiger partial charge in [0.1, 0.15) is 13.2 Å². The highest BCUT2D eigenvalue weighted by Gasteiger charge is 2.07. The molecule has 1 N–H and O–H groups in total. The molecule has 0 saturated carbocycles. The maximum absolute atomic E-state index is 12.0. The first kappa shape index (κ1) is 25.9. The van der Waals surface area contributed by atoms with Crippen LogP contribution in [0.4, 0.5) is 5.69 Å². The predicted octanol–water partition coefficient (Wildman–Crippen LogP) is 4.21. The van der Waals surface area contributed by atoms with Gasteiger partial charge in [-0.05, 0) is 37.1 Å². The lowest BCUT2D eigenvalue weighted by Gasteiger charge is -2.09. The van der Waals surface area contributed by atoms with E-state index in [4.69, 9.17) is 18.9 Å². The minimum Gasteiger partial charge on any atom is -0.463 e. The Morgan fingerprint density at radius 1 is 0.767 bits per heavy atom. The van der Waals surface area contributed by atoms with E-state index in [1.807, 2.05) is 12.1 Å². The highest BCUT2D eigenvalue weighted by atomic mass is 16.6. The average Bonchev–Trinajstić information content (AvgIpc) is 2.75. The van der Waals surface area contributed by atoms with E-state index in [0.29, 0.717) is 38.4 Å². The summed E-state index contributed by atoms with van der Waals surface area (Å²) in [6.07, 6.45) is 5.72.